The van der Waals surface area contributed by atoms with E-state index in [2.05, 4.69) is 15.2 Å². The molecule has 0 bridgehead atoms. The fourth-order valence-electron chi connectivity index (χ4n) is 3.52. The van der Waals surface area contributed by atoms with Crippen LogP contribution in [0.2, 0.25) is 0 Å². The molecule has 31 heavy (non-hydrogen) atoms. The van der Waals surface area contributed by atoms with E-state index in [9.17, 15) is 9.18 Å². The van der Waals surface area contributed by atoms with Crippen molar-refractivity contribution in [2.24, 2.45) is 0 Å². The number of aromatic nitrogens is 4. The summed E-state index contributed by atoms with van der Waals surface area (Å²) in [5.41, 5.74) is 4.27. The Morgan fingerprint density at radius 3 is 2.65 bits per heavy atom. The Labute approximate surface area is 179 Å². The van der Waals surface area contributed by atoms with Gasteiger partial charge in [0.2, 0.25) is 0 Å². The molecule has 0 spiro atoms. The highest BCUT2D eigenvalue weighted by atomic mass is 19.1. The maximum Gasteiger partial charge on any atom is 0.253 e. The van der Waals surface area contributed by atoms with Gasteiger partial charge in [0.15, 0.2) is 5.65 Å². The maximum atomic E-state index is 14.9. The van der Waals surface area contributed by atoms with Gasteiger partial charge in [-0.25, -0.2) is 9.37 Å². The molecule has 0 saturated carbocycles. The second-order valence-electron chi connectivity index (χ2n) is 7.27. The van der Waals surface area contributed by atoms with E-state index >= 15 is 0 Å². The summed E-state index contributed by atoms with van der Waals surface area (Å²) in [7, 11) is 4.85. The zero-order chi connectivity index (χ0) is 22.1. The minimum absolute atomic E-state index is 0.157. The van der Waals surface area contributed by atoms with Gasteiger partial charge in [-0.3, -0.25) is 4.79 Å². The van der Waals surface area contributed by atoms with Gasteiger partial charge in [0.1, 0.15) is 17.1 Å². The third-order valence-corrected chi connectivity index (χ3v) is 5.17. The lowest BCUT2D eigenvalue weighted by molar-refractivity contribution is 0.0827. The Kier molecular flexibility index (Phi) is 5.37. The highest BCUT2D eigenvalue weighted by molar-refractivity contribution is 5.96. The highest BCUT2D eigenvalue weighted by Gasteiger charge is 2.18. The summed E-state index contributed by atoms with van der Waals surface area (Å²) in [6.07, 6.45) is 3.35. The fourth-order valence-corrected chi connectivity index (χ4v) is 3.52. The minimum atomic E-state index is -0.397. The van der Waals surface area contributed by atoms with Crippen LogP contribution in [0.4, 0.5) is 4.39 Å². The van der Waals surface area contributed by atoms with Crippen molar-refractivity contribution in [2.45, 2.75) is 13.5 Å². The lowest BCUT2D eigenvalue weighted by atomic mass is 9.97. The number of hydrogen-bond acceptors (Lipinski definition) is 5. The Hall–Kier alpha value is -3.81. The second-order valence-corrected chi connectivity index (χ2v) is 7.27. The van der Waals surface area contributed by atoms with Gasteiger partial charge in [0.25, 0.3) is 5.91 Å². The van der Waals surface area contributed by atoms with Crippen LogP contribution in [-0.2, 0) is 6.54 Å². The van der Waals surface area contributed by atoms with E-state index < -0.39 is 5.82 Å². The van der Waals surface area contributed by atoms with Crippen LogP contribution in [-0.4, -0.2) is 51.8 Å². The summed E-state index contributed by atoms with van der Waals surface area (Å²) < 4.78 is 22.3. The fraction of sp³-hybridized carbons (Fsp3) is 0.217. The summed E-state index contributed by atoms with van der Waals surface area (Å²) in [4.78, 5) is 18.2. The number of methoxy groups -OCH3 is 1. The smallest absolute Gasteiger partial charge is 0.253 e. The van der Waals surface area contributed by atoms with Crippen molar-refractivity contribution in [3.8, 4) is 28.0 Å². The maximum absolute atomic E-state index is 14.9. The molecule has 0 aliphatic heterocycles. The van der Waals surface area contributed by atoms with E-state index in [4.69, 9.17) is 4.74 Å². The molecule has 0 unspecified atom stereocenters. The van der Waals surface area contributed by atoms with Crippen LogP contribution >= 0.6 is 0 Å². The van der Waals surface area contributed by atoms with Gasteiger partial charge in [-0.05, 0) is 42.8 Å². The van der Waals surface area contributed by atoms with Crippen LogP contribution in [0.1, 0.15) is 17.3 Å². The van der Waals surface area contributed by atoms with Gasteiger partial charge in [-0.2, -0.15) is 5.10 Å². The van der Waals surface area contributed by atoms with E-state index in [-0.39, 0.29) is 5.91 Å². The molecule has 1 amide bonds. The van der Waals surface area contributed by atoms with Crippen LogP contribution in [0.25, 0.3) is 33.4 Å². The number of rotatable bonds is 5. The first kappa shape index (κ1) is 20.5. The molecule has 0 N–H and O–H groups in total. The van der Waals surface area contributed by atoms with Crippen LogP contribution < -0.4 is 4.74 Å². The van der Waals surface area contributed by atoms with Crippen molar-refractivity contribution in [3.63, 3.8) is 0 Å². The number of imidazole rings is 1. The van der Waals surface area contributed by atoms with E-state index in [1.165, 1.54) is 18.1 Å². The summed E-state index contributed by atoms with van der Waals surface area (Å²) in [6, 6.07) is 9.83. The summed E-state index contributed by atoms with van der Waals surface area (Å²) in [6.45, 7) is 2.72. The predicted molar refractivity (Wildman–Crippen MR) is 116 cm³/mol. The molecule has 0 radical (unpaired) electrons. The normalized spacial score (nSPS) is 11.0. The molecular formula is C23H22FN5O2. The van der Waals surface area contributed by atoms with Crippen molar-refractivity contribution >= 4 is 17.1 Å². The number of carbonyl (C=O) groups excluding carboxylic acids is 1. The first-order valence-corrected chi connectivity index (χ1v) is 9.81. The standard InChI is InChI=1S/C23H22FN5O2/c1-5-29-13-25-21-18(12-26-27-22(21)29)14-7-9-19(24)17(10-14)16-8-6-15(11-20(16)31-4)23(30)28(2)3/h6-13H,5H2,1-4H3. The number of aryl methyl sites for hydroxylation is 1. The monoisotopic (exact) mass is 419 g/mol. The van der Waals surface area contributed by atoms with E-state index in [1.54, 1.807) is 57.0 Å². The average Bonchev–Trinajstić information content (AvgIpc) is 3.22. The molecule has 0 aliphatic rings. The largest absolute Gasteiger partial charge is 0.496 e. The Balaban J connectivity index is 1.85. The van der Waals surface area contributed by atoms with Crippen LogP contribution in [0.15, 0.2) is 48.9 Å². The van der Waals surface area contributed by atoms with Gasteiger partial charge in [-0.15, -0.1) is 5.10 Å². The van der Waals surface area contributed by atoms with E-state index in [0.717, 1.165) is 17.7 Å². The molecule has 0 aliphatic carbocycles. The molecule has 7 nitrogen and oxygen atoms in total. The zero-order valence-corrected chi connectivity index (χ0v) is 17.8. The molecular weight excluding hydrogens is 397 g/mol. The highest BCUT2D eigenvalue weighted by Crippen LogP contribution is 2.36. The molecule has 0 atom stereocenters. The molecule has 2 aromatic carbocycles. The number of nitrogens with zero attached hydrogens (tertiary/aromatic N) is 5. The zero-order valence-electron chi connectivity index (χ0n) is 17.8. The van der Waals surface area contributed by atoms with E-state index in [0.29, 0.717) is 33.6 Å². The lowest BCUT2D eigenvalue weighted by Gasteiger charge is -2.15. The molecule has 8 heteroatoms. The number of halogens is 1. The number of benzene rings is 2. The third-order valence-electron chi connectivity index (χ3n) is 5.17. The molecule has 4 aromatic rings. The van der Waals surface area contributed by atoms with Gasteiger partial charge in [-0.1, -0.05) is 6.07 Å². The van der Waals surface area contributed by atoms with Crippen LogP contribution in [0.5, 0.6) is 5.75 Å². The van der Waals surface area contributed by atoms with Gasteiger partial charge in [0, 0.05) is 42.9 Å². The predicted octanol–water partition coefficient (Wildman–Crippen LogP) is 4.03. The molecule has 2 aromatic heterocycles. The number of carbonyl (C=O) groups is 1. The average molecular weight is 419 g/mol. The molecule has 4 rings (SSSR count). The quantitative estimate of drug-likeness (QED) is 0.488. The van der Waals surface area contributed by atoms with Crippen LogP contribution in [0, 0.1) is 5.82 Å². The number of fused-ring (bicyclic) bond motifs is 1. The first-order chi connectivity index (χ1) is 14.9. The third kappa shape index (κ3) is 3.61. The van der Waals surface area contributed by atoms with Crippen molar-refractivity contribution in [2.75, 3.05) is 21.2 Å². The van der Waals surface area contributed by atoms with Gasteiger partial charge in [0.05, 0.1) is 19.6 Å². The van der Waals surface area contributed by atoms with Gasteiger partial charge < -0.3 is 14.2 Å². The summed E-state index contributed by atoms with van der Waals surface area (Å²) in [5.74, 6) is -0.140. The second kappa shape index (κ2) is 8.14. The SMILES string of the molecule is CCn1cnc2c(-c3ccc(F)c(-c4ccc(C(=O)N(C)C)cc4OC)c3)cnnc21. The van der Waals surface area contributed by atoms with Crippen molar-refractivity contribution in [1.29, 1.82) is 0 Å². The first-order valence-electron chi connectivity index (χ1n) is 9.81. The van der Waals surface area contributed by atoms with Crippen molar-refractivity contribution in [1.82, 2.24) is 24.6 Å². The Morgan fingerprint density at radius 1 is 1.13 bits per heavy atom. The van der Waals surface area contributed by atoms with Crippen molar-refractivity contribution in [3.05, 3.63) is 60.3 Å². The topological polar surface area (TPSA) is 73.1 Å². The molecule has 0 saturated heterocycles. The summed E-state index contributed by atoms with van der Waals surface area (Å²) >= 11 is 0. The number of amides is 1. The van der Waals surface area contributed by atoms with Crippen LogP contribution in [0.3, 0.4) is 0 Å². The van der Waals surface area contributed by atoms with E-state index in [1.807, 2.05) is 11.5 Å². The van der Waals surface area contributed by atoms with Crippen molar-refractivity contribution < 1.29 is 13.9 Å². The Bertz CT molecular complexity index is 1280. The molecule has 0 fully saturated rings. The lowest BCUT2D eigenvalue weighted by Crippen LogP contribution is -2.21. The van der Waals surface area contributed by atoms with Gasteiger partial charge >= 0.3 is 0 Å². The number of ether oxygens (including phenoxy) is 1. The minimum Gasteiger partial charge on any atom is -0.496 e. The number of hydrogen-bond donors (Lipinski definition) is 0. The molecule has 158 valence electrons. The Morgan fingerprint density at radius 2 is 1.94 bits per heavy atom. The molecule has 2 heterocycles. The summed E-state index contributed by atoms with van der Waals surface area (Å²) in [5, 5.41) is 8.29.